The Morgan fingerprint density at radius 3 is 2.77 bits per heavy atom. The molecule has 0 unspecified atom stereocenters. The molecule has 0 amide bonds. The van der Waals surface area contributed by atoms with Gasteiger partial charge in [-0.05, 0) is 25.0 Å². The summed E-state index contributed by atoms with van der Waals surface area (Å²) < 4.78 is 62.4. The van der Waals surface area contributed by atoms with Crippen LogP contribution in [-0.2, 0) is 28.4 Å². The van der Waals surface area contributed by atoms with Crippen molar-refractivity contribution in [3.05, 3.63) is 47.7 Å². The Morgan fingerprint density at radius 2 is 2.08 bits per heavy atom. The van der Waals surface area contributed by atoms with Crippen LogP contribution >= 0.6 is 0 Å². The molecule has 0 aliphatic heterocycles. The average Bonchev–Trinajstić information content (AvgIpc) is 3.18. The summed E-state index contributed by atoms with van der Waals surface area (Å²) in [6.07, 6.45) is 5.82. The summed E-state index contributed by atoms with van der Waals surface area (Å²) in [4.78, 5) is 4.02. The van der Waals surface area contributed by atoms with E-state index >= 15 is 0 Å². The SMILES string of the molecule is O=S(=O)(Cc1[nH]nc2c1CCc1nn(-c3cccnc3)cc1-2)C(F)(F)F. The topological polar surface area (TPSA) is 93.5 Å². The summed E-state index contributed by atoms with van der Waals surface area (Å²) in [5.74, 6) is -1.15. The first-order valence-electron chi connectivity index (χ1n) is 7.61. The summed E-state index contributed by atoms with van der Waals surface area (Å²) in [5, 5.41) is 11.0. The van der Waals surface area contributed by atoms with Crippen LogP contribution in [0.15, 0.2) is 30.7 Å². The molecule has 1 N–H and O–H groups in total. The van der Waals surface area contributed by atoms with E-state index in [0.29, 0.717) is 29.7 Å². The van der Waals surface area contributed by atoms with Crippen molar-refractivity contribution >= 4 is 9.84 Å². The zero-order valence-corrected chi connectivity index (χ0v) is 14.0. The van der Waals surface area contributed by atoms with Gasteiger partial charge in [0.25, 0.3) is 9.84 Å². The number of nitrogens with zero attached hydrogens (tertiary/aromatic N) is 4. The number of nitrogens with one attached hydrogen (secondary N) is 1. The van der Waals surface area contributed by atoms with E-state index in [9.17, 15) is 21.6 Å². The number of aryl methyl sites for hydroxylation is 1. The molecule has 0 radical (unpaired) electrons. The molecule has 0 aromatic carbocycles. The molecular weight excluding hydrogens is 371 g/mol. The van der Waals surface area contributed by atoms with Crippen LogP contribution in [-0.4, -0.2) is 38.9 Å². The first-order chi connectivity index (χ1) is 12.3. The third-order valence-corrected chi connectivity index (χ3v) is 5.58. The van der Waals surface area contributed by atoms with Crippen molar-refractivity contribution in [2.24, 2.45) is 0 Å². The molecule has 0 saturated heterocycles. The second-order valence-corrected chi connectivity index (χ2v) is 7.86. The Kier molecular flexibility index (Phi) is 3.65. The van der Waals surface area contributed by atoms with Crippen molar-refractivity contribution in [2.75, 3.05) is 0 Å². The summed E-state index contributed by atoms with van der Waals surface area (Å²) in [6, 6.07) is 3.58. The number of rotatable bonds is 3. The Labute approximate surface area is 145 Å². The third kappa shape index (κ3) is 2.68. The van der Waals surface area contributed by atoms with E-state index < -0.39 is 21.1 Å². The summed E-state index contributed by atoms with van der Waals surface area (Å²) in [5.41, 5.74) is -2.25. The molecule has 0 atom stereocenters. The van der Waals surface area contributed by atoms with E-state index in [1.165, 1.54) is 0 Å². The van der Waals surface area contributed by atoms with Crippen molar-refractivity contribution in [2.45, 2.75) is 24.1 Å². The average molecular weight is 383 g/mol. The van der Waals surface area contributed by atoms with Crippen LogP contribution in [0.5, 0.6) is 0 Å². The smallest absolute Gasteiger partial charge is 0.281 e. The summed E-state index contributed by atoms with van der Waals surface area (Å²) >= 11 is 0. The van der Waals surface area contributed by atoms with Gasteiger partial charge in [-0.2, -0.15) is 23.4 Å². The zero-order valence-electron chi connectivity index (χ0n) is 13.2. The van der Waals surface area contributed by atoms with Crippen molar-refractivity contribution in [1.82, 2.24) is 25.0 Å². The molecule has 3 aromatic rings. The van der Waals surface area contributed by atoms with Gasteiger partial charge in [-0.15, -0.1) is 0 Å². The van der Waals surface area contributed by atoms with E-state index in [1.807, 2.05) is 6.07 Å². The first-order valence-corrected chi connectivity index (χ1v) is 9.26. The summed E-state index contributed by atoms with van der Waals surface area (Å²) in [6.45, 7) is 0. The van der Waals surface area contributed by atoms with Gasteiger partial charge in [-0.25, -0.2) is 13.1 Å². The minimum atomic E-state index is -5.30. The van der Waals surface area contributed by atoms with Crippen LogP contribution in [0.4, 0.5) is 13.2 Å². The van der Waals surface area contributed by atoms with Gasteiger partial charge in [-0.1, -0.05) is 0 Å². The lowest BCUT2D eigenvalue weighted by Gasteiger charge is -2.12. The number of hydrogen-bond acceptors (Lipinski definition) is 5. The van der Waals surface area contributed by atoms with Gasteiger partial charge < -0.3 is 0 Å². The van der Waals surface area contributed by atoms with Crippen LogP contribution in [0.2, 0.25) is 0 Å². The Balaban J connectivity index is 1.72. The Morgan fingerprint density at radius 1 is 1.27 bits per heavy atom. The molecule has 3 heterocycles. The number of sulfone groups is 1. The Hall–Kier alpha value is -2.69. The maximum Gasteiger partial charge on any atom is 0.497 e. The molecule has 0 bridgehead atoms. The van der Waals surface area contributed by atoms with Gasteiger partial charge in [0.15, 0.2) is 0 Å². The van der Waals surface area contributed by atoms with Crippen molar-refractivity contribution < 1.29 is 21.6 Å². The van der Waals surface area contributed by atoms with Gasteiger partial charge in [-0.3, -0.25) is 10.1 Å². The van der Waals surface area contributed by atoms with Crippen molar-refractivity contribution in [1.29, 1.82) is 0 Å². The first kappa shape index (κ1) is 16.8. The molecule has 0 fully saturated rings. The number of aromatic amines is 1. The minimum Gasteiger partial charge on any atom is -0.281 e. The van der Waals surface area contributed by atoms with E-state index in [-0.39, 0.29) is 5.69 Å². The van der Waals surface area contributed by atoms with Crippen molar-refractivity contribution in [3.8, 4) is 16.9 Å². The lowest BCUT2D eigenvalue weighted by molar-refractivity contribution is -0.0437. The van der Waals surface area contributed by atoms with Gasteiger partial charge in [0.1, 0.15) is 5.75 Å². The number of hydrogen-bond donors (Lipinski definition) is 1. The van der Waals surface area contributed by atoms with E-state index in [1.54, 1.807) is 29.3 Å². The number of alkyl halides is 3. The third-order valence-electron chi connectivity index (χ3n) is 4.21. The van der Waals surface area contributed by atoms with E-state index in [2.05, 4.69) is 20.3 Å². The maximum atomic E-state index is 12.6. The lowest BCUT2D eigenvalue weighted by Crippen LogP contribution is -2.25. The van der Waals surface area contributed by atoms with Gasteiger partial charge in [0, 0.05) is 23.5 Å². The van der Waals surface area contributed by atoms with Crippen LogP contribution in [0.3, 0.4) is 0 Å². The highest BCUT2D eigenvalue weighted by molar-refractivity contribution is 7.91. The lowest BCUT2D eigenvalue weighted by atomic mass is 9.94. The van der Waals surface area contributed by atoms with E-state index in [0.717, 1.165) is 11.4 Å². The largest absolute Gasteiger partial charge is 0.497 e. The fraction of sp³-hybridized carbons (Fsp3) is 0.267. The normalized spacial score (nSPS) is 14.1. The minimum absolute atomic E-state index is 0.0305. The molecule has 1 aliphatic carbocycles. The van der Waals surface area contributed by atoms with E-state index in [4.69, 9.17) is 0 Å². The number of halogens is 3. The molecule has 3 aromatic heterocycles. The zero-order chi connectivity index (χ0) is 18.5. The van der Waals surface area contributed by atoms with Gasteiger partial charge in [0.05, 0.1) is 29.0 Å². The fourth-order valence-corrected chi connectivity index (χ4v) is 3.72. The molecular formula is C15H12F3N5O2S. The molecule has 4 rings (SSSR count). The van der Waals surface area contributed by atoms with Crippen LogP contribution in [0, 0.1) is 0 Å². The highest BCUT2D eigenvalue weighted by atomic mass is 32.2. The molecule has 26 heavy (non-hydrogen) atoms. The number of aromatic nitrogens is 5. The van der Waals surface area contributed by atoms with Crippen molar-refractivity contribution in [3.63, 3.8) is 0 Å². The van der Waals surface area contributed by atoms with Crippen LogP contribution in [0.1, 0.15) is 17.0 Å². The quantitative estimate of drug-likeness (QED) is 0.748. The second kappa shape index (κ2) is 5.66. The predicted molar refractivity (Wildman–Crippen MR) is 85.0 cm³/mol. The Bertz CT molecular complexity index is 1070. The molecule has 136 valence electrons. The maximum absolute atomic E-state index is 12.6. The number of pyridine rings is 1. The number of fused-ring (bicyclic) bond motifs is 3. The molecule has 1 aliphatic rings. The predicted octanol–water partition coefficient (Wildman–Crippen LogP) is 2.19. The fourth-order valence-electron chi connectivity index (χ4n) is 2.94. The summed E-state index contributed by atoms with van der Waals surface area (Å²) in [7, 11) is -5.27. The highest BCUT2D eigenvalue weighted by Gasteiger charge is 2.46. The highest BCUT2D eigenvalue weighted by Crippen LogP contribution is 2.35. The van der Waals surface area contributed by atoms with Crippen LogP contribution < -0.4 is 0 Å². The number of H-pyrrole nitrogens is 1. The van der Waals surface area contributed by atoms with Gasteiger partial charge >= 0.3 is 5.51 Å². The monoisotopic (exact) mass is 383 g/mol. The van der Waals surface area contributed by atoms with Crippen LogP contribution in [0.25, 0.3) is 16.9 Å². The second-order valence-electron chi connectivity index (χ2n) is 5.88. The molecule has 0 spiro atoms. The molecule has 0 saturated carbocycles. The molecule has 7 nitrogen and oxygen atoms in total. The van der Waals surface area contributed by atoms with Gasteiger partial charge in [0.2, 0.25) is 0 Å². The molecule has 11 heteroatoms. The standard InChI is InChI=1S/C15H12F3N5O2S/c16-15(17,18)26(24,25)8-13-10-3-4-12-11(14(10)21-20-13)7-23(22-12)9-2-1-5-19-6-9/h1-2,5-7H,3-4,8H2,(H,20,21).